The van der Waals surface area contributed by atoms with Crippen molar-refractivity contribution in [2.24, 2.45) is 0 Å². The zero-order valence-corrected chi connectivity index (χ0v) is 15.3. The maximum Gasteiger partial charge on any atom is 0.228 e. The SMILES string of the molecule is Cc1nc(C)c(CC(=O)N2CCCC[C@@H]2c2ccn3nccc3n2)s1. The lowest BCUT2D eigenvalue weighted by Crippen LogP contribution is -2.39. The summed E-state index contributed by atoms with van der Waals surface area (Å²) in [5.41, 5.74) is 2.76. The average molecular weight is 355 g/mol. The molecule has 1 fully saturated rings. The number of rotatable bonds is 3. The molecule has 0 aromatic carbocycles. The maximum atomic E-state index is 13.0. The Labute approximate surface area is 150 Å². The summed E-state index contributed by atoms with van der Waals surface area (Å²) in [6.07, 6.45) is 7.24. The molecule has 3 aromatic rings. The molecule has 4 rings (SSSR count). The van der Waals surface area contributed by atoms with Crippen molar-refractivity contribution >= 4 is 22.9 Å². The number of carbonyl (C=O) groups is 1. The summed E-state index contributed by atoms with van der Waals surface area (Å²) in [5.74, 6) is 0.173. The highest BCUT2D eigenvalue weighted by Gasteiger charge is 2.29. The van der Waals surface area contributed by atoms with Gasteiger partial charge in [-0.25, -0.2) is 14.5 Å². The van der Waals surface area contributed by atoms with E-state index in [1.807, 2.05) is 37.1 Å². The lowest BCUT2D eigenvalue weighted by Gasteiger charge is -2.35. The van der Waals surface area contributed by atoms with Gasteiger partial charge in [-0.15, -0.1) is 11.3 Å². The van der Waals surface area contributed by atoms with Crippen LogP contribution in [-0.4, -0.2) is 36.9 Å². The van der Waals surface area contributed by atoms with E-state index in [2.05, 4.69) is 10.1 Å². The van der Waals surface area contributed by atoms with Crippen LogP contribution in [0.5, 0.6) is 0 Å². The van der Waals surface area contributed by atoms with Gasteiger partial charge in [-0.3, -0.25) is 4.79 Å². The number of nitrogens with zero attached hydrogens (tertiary/aromatic N) is 5. The minimum atomic E-state index is 0.0514. The molecule has 0 radical (unpaired) electrons. The van der Waals surface area contributed by atoms with Gasteiger partial charge in [0.2, 0.25) is 5.91 Å². The first kappa shape index (κ1) is 16.2. The van der Waals surface area contributed by atoms with Crippen molar-refractivity contribution in [1.29, 1.82) is 0 Å². The highest BCUT2D eigenvalue weighted by molar-refractivity contribution is 7.11. The standard InChI is InChI=1S/C18H21N5OS/c1-12-16(25-13(2)20-12)11-18(24)22-9-4-3-5-15(22)14-7-10-23-17(21-14)6-8-19-23/h6-8,10,15H,3-5,9,11H2,1-2H3/t15-/m1/s1. The van der Waals surface area contributed by atoms with Gasteiger partial charge in [-0.05, 0) is 39.2 Å². The van der Waals surface area contributed by atoms with E-state index in [0.29, 0.717) is 6.42 Å². The largest absolute Gasteiger partial charge is 0.334 e. The van der Waals surface area contributed by atoms with E-state index in [0.717, 1.165) is 52.7 Å². The molecule has 0 unspecified atom stereocenters. The molecule has 7 heteroatoms. The third kappa shape index (κ3) is 3.16. The normalized spacial score (nSPS) is 18.0. The smallest absolute Gasteiger partial charge is 0.228 e. The fourth-order valence-electron chi connectivity index (χ4n) is 3.53. The van der Waals surface area contributed by atoms with Crippen LogP contribution in [0.15, 0.2) is 24.5 Å². The van der Waals surface area contributed by atoms with E-state index in [-0.39, 0.29) is 11.9 Å². The zero-order chi connectivity index (χ0) is 17.4. The van der Waals surface area contributed by atoms with E-state index in [1.54, 1.807) is 22.0 Å². The van der Waals surface area contributed by atoms with Crippen LogP contribution in [0, 0.1) is 13.8 Å². The molecule has 0 saturated carbocycles. The molecule has 6 nitrogen and oxygen atoms in total. The van der Waals surface area contributed by atoms with Gasteiger partial charge in [0.25, 0.3) is 0 Å². The molecule has 1 aliphatic rings. The Kier molecular flexibility index (Phi) is 4.25. The van der Waals surface area contributed by atoms with E-state index < -0.39 is 0 Å². The predicted molar refractivity (Wildman–Crippen MR) is 96.6 cm³/mol. The monoisotopic (exact) mass is 355 g/mol. The first-order valence-corrected chi connectivity index (χ1v) is 9.46. The summed E-state index contributed by atoms with van der Waals surface area (Å²) in [4.78, 5) is 25.2. The van der Waals surface area contributed by atoms with E-state index >= 15 is 0 Å². The van der Waals surface area contributed by atoms with Crippen molar-refractivity contribution < 1.29 is 4.79 Å². The molecular formula is C18H21N5OS. The number of fused-ring (bicyclic) bond motifs is 1. The van der Waals surface area contributed by atoms with Gasteiger partial charge in [0.15, 0.2) is 5.65 Å². The molecule has 3 aromatic heterocycles. The number of likely N-dealkylation sites (tertiary alicyclic amines) is 1. The molecule has 1 amide bonds. The van der Waals surface area contributed by atoms with Gasteiger partial charge in [0.05, 0.1) is 35.1 Å². The lowest BCUT2D eigenvalue weighted by atomic mass is 9.98. The molecular weight excluding hydrogens is 334 g/mol. The van der Waals surface area contributed by atoms with Crippen LogP contribution in [0.25, 0.3) is 5.65 Å². The average Bonchev–Trinajstić information content (AvgIpc) is 3.20. The van der Waals surface area contributed by atoms with E-state index in [4.69, 9.17) is 4.98 Å². The maximum absolute atomic E-state index is 13.0. The first-order chi connectivity index (χ1) is 12.1. The first-order valence-electron chi connectivity index (χ1n) is 8.64. The fraction of sp³-hybridized carbons (Fsp3) is 0.444. The van der Waals surface area contributed by atoms with Gasteiger partial charge < -0.3 is 4.90 Å². The molecule has 1 saturated heterocycles. The summed E-state index contributed by atoms with van der Waals surface area (Å²) in [7, 11) is 0. The number of hydrogen-bond donors (Lipinski definition) is 0. The molecule has 0 bridgehead atoms. The highest BCUT2D eigenvalue weighted by atomic mass is 32.1. The van der Waals surface area contributed by atoms with Gasteiger partial charge in [0.1, 0.15) is 0 Å². The summed E-state index contributed by atoms with van der Waals surface area (Å²) in [6.45, 7) is 4.77. The summed E-state index contributed by atoms with van der Waals surface area (Å²) in [6, 6.07) is 3.93. The van der Waals surface area contributed by atoms with Crippen LogP contribution in [-0.2, 0) is 11.2 Å². The number of aryl methyl sites for hydroxylation is 2. The van der Waals surface area contributed by atoms with Crippen LogP contribution < -0.4 is 0 Å². The number of hydrogen-bond acceptors (Lipinski definition) is 5. The minimum Gasteiger partial charge on any atom is -0.334 e. The molecule has 130 valence electrons. The molecule has 0 aliphatic carbocycles. The highest BCUT2D eigenvalue weighted by Crippen LogP contribution is 2.31. The number of amides is 1. The van der Waals surface area contributed by atoms with Gasteiger partial charge in [-0.1, -0.05) is 0 Å². The predicted octanol–water partition coefficient (Wildman–Crippen LogP) is 3.10. The van der Waals surface area contributed by atoms with Crippen molar-refractivity contribution in [3.63, 3.8) is 0 Å². The second-order valence-electron chi connectivity index (χ2n) is 6.50. The Hall–Kier alpha value is -2.28. The molecule has 1 atom stereocenters. The Morgan fingerprint density at radius 2 is 2.16 bits per heavy atom. The van der Waals surface area contributed by atoms with Crippen LogP contribution in [0.2, 0.25) is 0 Å². The fourth-order valence-corrected chi connectivity index (χ4v) is 4.45. The van der Waals surface area contributed by atoms with Crippen molar-refractivity contribution in [3.05, 3.63) is 45.8 Å². The lowest BCUT2D eigenvalue weighted by molar-refractivity contribution is -0.134. The Morgan fingerprint density at radius 1 is 1.28 bits per heavy atom. The van der Waals surface area contributed by atoms with Crippen molar-refractivity contribution in [2.45, 2.75) is 45.6 Å². The van der Waals surface area contributed by atoms with Gasteiger partial charge in [-0.2, -0.15) is 5.10 Å². The van der Waals surface area contributed by atoms with Crippen LogP contribution >= 0.6 is 11.3 Å². The molecule has 0 spiro atoms. The molecule has 25 heavy (non-hydrogen) atoms. The number of carbonyl (C=O) groups excluding carboxylic acids is 1. The van der Waals surface area contributed by atoms with Gasteiger partial charge >= 0.3 is 0 Å². The van der Waals surface area contributed by atoms with Crippen molar-refractivity contribution in [3.8, 4) is 0 Å². The second kappa shape index (κ2) is 6.55. The minimum absolute atomic E-state index is 0.0514. The third-order valence-electron chi connectivity index (χ3n) is 4.76. The van der Waals surface area contributed by atoms with Gasteiger partial charge in [0, 0.05) is 23.7 Å². The number of piperidine rings is 1. The third-order valence-corrected chi connectivity index (χ3v) is 5.83. The number of thiazole rings is 1. The molecule has 4 heterocycles. The Bertz CT molecular complexity index is 915. The van der Waals surface area contributed by atoms with Crippen molar-refractivity contribution in [1.82, 2.24) is 24.5 Å². The van der Waals surface area contributed by atoms with Crippen LogP contribution in [0.4, 0.5) is 0 Å². The van der Waals surface area contributed by atoms with Crippen LogP contribution in [0.1, 0.15) is 46.6 Å². The van der Waals surface area contributed by atoms with Crippen LogP contribution in [0.3, 0.4) is 0 Å². The molecule has 0 N–H and O–H groups in total. The van der Waals surface area contributed by atoms with E-state index in [9.17, 15) is 4.79 Å². The number of aromatic nitrogens is 4. The summed E-state index contributed by atoms with van der Waals surface area (Å²) < 4.78 is 1.75. The summed E-state index contributed by atoms with van der Waals surface area (Å²) in [5, 5.41) is 5.21. The second-order valence-corrected chi connectivity index (χ2v) is 7.79. The summed E-state index contributed by atoms with van der Waals surface area (Å²) >= 11 is 1.62. The molecule has 1 aliphatic heterocycles. The Balaban J connectivity index is 1.59. The van der Waals surface area contributed by atoms with E-state index in [1.165, 1.54) is 0 Å². The Morgan fingerprint density at radius 3 is 2.96 bits per heavy atom. The van der Waals surface area contributed by atoms with Crippen molar-refractivity contribution in [2.75, 3.05) is 6.54 Å². The zero-order valence-electron chi connectivity index (χ0n) is 14.5. The quantitative estimate of drug-likeness (QED) is 0.724. The topological polar surface area (TPSA) is 63.4 Å².